The van der Waals surface area contributed by atoms with E-state index in [1.54, 1.807) is 31.4 Å². The fourth-order valence-electron chi connectivity index (χ4n) is 4.36. The van der Waals surface area contributed by atoms with Crippen LogP contribution in [0.1, 0.15) is 43.9 Å². The van der Waals surface area contributed by atoms with Gasteiger partial charge in [-0.05, 0) is 72.5 Å². The van der Waals surface area contributed by atoms with Crippen molar-refractivity contribution in [1.82, 2.24) is 0 Å². The van der Waals surface area contributed by atoms with Crippen LogP contribution in [-0.2, 0) is 15.3 Å². The van der Waals surface area contributed by atoms with Crippen molar-refractivity contribution in [3.8, 4) is 11.5 Å². The van der Waals surface area contributed by atoms with Crippen molar-refractivity contribution in [2.45, 2.75) is 44.4 Å². The first-order valence-electron chi connectivity index (χ1n) is 11.8. The molecule has 0 saturated heterocycles. The van der Waals surface area contributed by atoms with Gasteiger partial charge in [0.05, 0.1) is 16.9 Å². The Kier molecular flexibility index (Phi) is 6.91. The zero-order chi connectivity index (χ0) is 25.2. The van der Waals surface area contributed by atoms with Crippen molar-refractivity contribution >= 4 is 9.84 Å². The van der Waals surface area contributed by atoms with E-state index in [0.717, 1.165) is 22.8 Å². The minimum absolute atomic E-state index is 0.172. The Hall–Kier alpha value is -3.31. The van der Waals surface area contributed by atoms with Crippen LogP contribution in [0.5, 0.6) is 11.5 Å². The van der Waals surface area contributed by atoms with E-state index < -0.39 is 9.84 Å². The number of methoxy groups -OCH3 is 1. The second-order valence-corrected chi connectivity index (χ2v) is 11.6. The molecule has 0 heterocycles. The molecule has 3 aromatic rings. The highest BCUT2D eigenvalue weighted by Crippen LogP contribution is 2.36. The highest BCUT2D eigenvalue weighted by Gasteiger charge is 2.29. The van der Waals surface area contributed by atoms with Crippen LogP contribution >= 0.6 is 0 Å². The van der Waals surface area contributed by atoms with E-state index in [4.69, 9.17) is 9.47 Å². The average Bonchev–Trinajstić information content (AvgIpc) is 2.84. The maximum Gasteiger partial charge on any atom is 0.203 e. The van der Waals surface area contributed by atoms with E-state index in [-0.39, 0.29) is 11.3 Å². The number of rotatable bonds is 7. The van der Waals surface area contributed by atoms with Gasteiger partial charge < -0.3 is 9.47 Å². The van der Waals surface area contributed by atoms with Gasteiger partial charge in [0.15, 0.2) is 0 Å². The predicted molar refractivity (Wildman–Crippen MR) is 141 cm³/mol. The largest absolute Gasteiger partial charge is 0.497 e. The zero-order valence-electron chi connectivity index (χ0n) is 20.9. The molecular formula is C30H32O4S. The van der Waals surface area contributed by atoms with Gasteiger partial charge in [0, 0.05) is 11.8 Å². The lowest BCUT2D eigenvalue weighted by Crippen LogP contribution is -2.18. The van der Waals surface area contributed by atoms with Crippen LogP contribution < -0.4 is 9.47 Å². The third-order valence-corrected chi connectivity index (χ3v) is 8.76. The Morgan fingerprint density at radius 1 is 0.800 bits per heavy atom. The van der Waals surface area contributed by atoms with E-state index in [0.29, 0.717) is 16.2 Å². The van der Waals surface area contributed by atoms with Crippen LogP contribution in [0.15, 0.2) is 101 Å². The molecule has 0 amide bonds. The molecule has 0 spiro atoms. The molecule has 1 aliphatic carbocycles. The molecule has 0 radical (unpaired) electrons. The summed E-state index contributed by atoms with van der Waals surface area (Å²) in [5, 5.41) is 0. The molecule has 0 fully saturated rings. The molecule has 3 aromatic carbocycles. The average molecular weight is 489 g/mol. The van der Waals surface area contributed by atoms with Crippen LogP contribution in [0, 0.1) is 12.8 Å². The van der Waals surface area contributed by atoms with Gasteiger partial charge >= 0.3 is 0 Å². The molecule has 1 aliphatic rings. The maximum atomic E-state index is 13.1. The monoisotopic (exact) mass is 488 g/mol. The number of hydrogen-bond donors (Lipinski definition) is 0. The number of aryl methyl sites for hydroxylation is 1. The SMILES string of the molecule is COc1ccc(C(C)(C)c2ccc(OC3=CC=C(S(=O)(=O)c4ccc(C)cc4)C(C)C3)cc2)cc1. The molecule has 1 unspecified atom stereocenters. The Bertz CT molecular complexity index is 1350. The third kappa shape index (κ3) is 5.20. The van der Waals surface area contributed by atoms with Crippen molar-refractivity contribution in [3.63, 3.8) is 0 Å². The first kappa shape index (κ1) is 24.8. The first-order valence-corrected chi connectivity index (χ1v) is 13.2. The standard InChI is InChI=1S/C30H32O4S/c1-21-6-17-28(18-7-21)35(31,32)29-19-16-27(20-22(29)2)34-26-14-10-24(11-15-26)30(3,4)23-8-12-25(33-5)13-9-23/h6-19,22H,20H2,1-5H3. The number of benzene rings is 3. The van der Waals surface area contributed by atoms with E-state index >= 15 is 0 Å². The minimum Gasteiger partial charge on any atom is -0.497 e. The summed E-state index contributed by atoms with van der Waals surface area (Å²) >= 11 is 0. The van der Waals surface area contributed by atoms with Gasteiger partial charge in [0.2, 0.25) is 9.84 Å². The van der Waals surface area contributed by atoms with Crippen molar-refractivity contribution in [3.05, 3.63) is 112 Å². The molecule has 182 valence electrons. The molecule has 0 N–H and O–H groups in total. The third-order valence-electron chi connectivity index (χ3n) is 6.70. The lowest BCUT2D eigenvalue weighted by Gasteiger charge is -2.27. The molecule has 0 saturated carbocycles. The van der Waals surface area contributed by atoms with E-state index in [9.17, 15) is 8.42 Å². The summed E-state index contributed by atoms with van der Waals surface area (Å²) in [6.45, 7) is 8.25. The van der Waals surface area contributed by atoms with Crippen molar-refractivity contribution in [1.29, 1.82) is 0 Å². The van der Waals surface area contributed by atoms with Gasteiger partial charge in [-0.2, -0.15) is 0 Å². The van der Waals surface area contributed by atoms with Crippen LogP contribution in [0.25, 0.3) is 0 Å². The van der Waals surface area contributed by atoms with Gasteiger partial charge in [-0.1, -0.05) is 62.7 Å². The van der Waals surface area contributed by atoms with Crippen molar-refractivity contribution in [2.24, 2.45) is 5.92 Å². The lowest BCUT2D eigenvalue weighted by molar-refractivity contribution is 0.382. The summed E-state index contributed by atoms with van der Waals surface area (Å²) in [6.07, 6.45) is 3.98. The normalized spacial score (nSPS) is 16.3. The quantitative estimate of drug-likeness (QED) is 0.360. The number of allylic oxidation sites excluding steroid dienone is 4. The summed E-state index contributed by atoms with van der Waals surface area (Å²) in [6, 6.07) is 23.2. The molecule has 1 atom stereocenters. The summed E-state index contributed by atoms with van der Waals surface area (Å²) in [7, 11) is -1.86. The molecule has 4 nitrogen and oxygen atoms in total. The molecule has 0 aromatic heterocycles. The minimum atomic E-state index is -3.52. The summed E-state index contributed by atoms with van der Waals surface area (Å²) in [5.74, 6) is 2.15. The Balaban J connectivity index is 1.50. The van der Waals surface area contributed by atoms with E-state index in [1.165, 1.54) is 11.1 Å². The Morgan fingerprint density at radius 3 is 1.86 bits per heavy atom. The number of sulfone groups is 1. The smallest absolute Gasteiger partial charge is 0.203 e. The molecule has 35 heavy (non-hydrogen) atoms. The van der Waals surface area contributed by atoms with Crippen LogP contribution in [0.4, 0.5) is 0 Å². The maximum absolute atomic E-state index is 13.1. The highest BCUT2D eigenvalue weighted by atomic mass is 32.2. The zero-order valence-corrected chi connectivity index (χ0v) is 21.7. The fourth-order valence-corrected chi connectivity index (χ4v) is 5.99. The molecule has 4 rings (SSSR count). The molecular weight excluding hydrogens is 456 g/mol. The van der Waals surface area contributed by atoms with Crippen LogP contribution in [0.3, 0.4) is 0 Å². The first-order chi connectivity index (χ1) is 16.6. The van der Waals surface area contributed by atoms with Gasteiger partial charge in [-0.15, -0.1) is 0 Å². The second-order valence-electron chi connectivity index (χ2n) is 9.60. The van der Waals surface area contributed by atoms with Gasteiger partial charge in [0.1, 0.15) is 17.3 Å². The predicted octanol–water partition coefficient (Wildman–Crippen LogP) is 6.99. The molecule has 0 bridgehead atoms. The molecule has 0 aliphatic heterocycles. The van der Waals surface area contributed by atoms with Gasteiger partial charge in [-0.3, -0.25) is 0 Å². The van der Waals surface area contributed by atoms with E-state index in [1.807, 2.05) is 50.2 Å². The topological polar surface area (TPSA) is 52.6 Å². The van der Waals surface area contributed by atoms with E-state index in [2.05, 4.69) is 38.1 Å². The van der Waals surface area contributed by atoms with Crippen LogP contribution in [-0.4, -0.2) is 15.5 Å². The van der Waals surface area contributed by atoms with Gasteiger partial charge in [0.25, 0.3) is 0 Å². The fraction of sp³-hybridized carbons (Fsp3) is 0.267. The highest BCUT2D eigenvalue weighted by molar-refractivity contribution is 7.95. The van der Waals surface area contributed by atoms with Gasteiger partial charge in [-0.25, -0.2) is 8.42 Å². The second kappa shape index (κ2) is 9.74. The van der Waals surface area contributed by atoms with Crippen molar-refractivity contribution in [2.75, 3.05) is 7.11 Å². The summed E-state index contributed by atoms with van der Waals surface area (Å²) in [4.78, 5) is 0.749. The van der Waals surface area contributed by atoms with Crippen molar-refractivity contribution < 1.29 is 17.9 Å². The summed E-state index contributed by atoms with van der Waals surface area (Å²) in [5.41, 5.74) is 3.23. The summed E-state index contributed by atoms with van der Waals surface area (Å²) < 4.78 is 37.6. The Morgan fingerprint density at radius 2 is 1.34 bits per heavy atom. The number of ether oxygens (including phenoxy) is 2. The lowest BCUT2D eigenvalue weighted by atomic mass is 9.78. The number of hydrogen-bond acceptors (Lipinski definition) is 4. The van der Waals surface area contributed by atoms with Crippen LogP contribution in [0.2, 0.25) is 0 Å². The molecule has 5 heteroatoms. The Labute approximate surface area is 208 Å².